The number of rotatable bonds is 2. The minimum Gasteiger partial charge on any atom is -0.337 e. The van der Waals surface area contributed by atoms with E-state index >= 15 is 0 Å². The lowest BCUT2D eigenvalue weighted by molar-refractivity contribution is 0.0789. The average molecular weight is 245 g/mol. The number of hydrogen-bond acceptors (Lipinski definition) is 4. The van der Waals surface area contributed by atoms with Crippen LogP contribution >= 0.6 is 0 Å². The van der Waals surface area contributed by atoms with Gasteiger partial charge in [-0.25, -0.2) is 9.97 Å². The monoisotopic (exact) mass is 245 g/mol. The molecule has 1 aliphatic heterocycles. The molecule has 0 aromatic carbocycles. The fraction of sp³-hybridized carbons (Fsp3) is 0.500. The molecule has 6 nitrogen and oxygen atoms in total. The van der Waals surface area contributed by atoms with Gasteiger partial charge in [-0.15, -0.1) is 0 Å². The molecular weight excluding hydrogens is 230 g/mol. The Kier molecular flexibility index (Phi) is 2.70. The molecule has 2 aromatic rings. The van der Waals surface area contributed by atoms with Gasteiger partial charge in [-0.3, -0.25) is 9.89 Å². The van der Waals surface area contributed by atoms with Crippen molar-refractivity contribution in [3.8, 4) is 0 Å². The average Bonchev–Trinajstić information content (AvgIpc) is 3.06. The first-order valence-corrected chi connectivity index (χ1v) is 6.28. The lowest BCUT2D eigenvalue weighted by Gasteiger charge is -2.14. The largest absolute Gasteiger partial charge is 0.337 e. The predicted octanol–water partition coefficient (Wildman–Crippen LogP) is 1.15. The van der Waals surface area contributed by atoms with E-state index in [0.717, 1.165) is 43.4 Å². The van der Waals surface area contributed by atoms with Crippen LogP contribution in [0.25, 0.3) is 11.0 Å². The summed E-state index contributed by atoms with van der Waals surface area (Å²) in [5, 5.41) is 7.69. The van der Waals surface area contributed by atoms with Crippen LogP contribution in [0.4, 0.5) is 0 Å². The summed E-state index contributed by atoms with van der Waals surface area (Å²) in [6, 6.07) is 0. The maximum absolute atomic E-state index is 12.4. The highest BCUT2D eigenvalue weighted by molar-refractivity contribution is 6.04. The molecule has 1 fully saturated rings. The summed E-state index contributed by atoms with van der Waals surface area (Å²) in [5.41, 5.74) is 1.98. The number of fused-ring (bicyclic) bond motifs is 1. The van der Waals surface area contributed by atoms with Gasteiger partial charge in [0.25, 0.3) is 5.91 Å². The summed E-state index contributed by atoms with van der Waals surface area (Å²) < 4.78 is 0. The van der Waals surface area contributed by atoms with Gasteiger partial charge in [-0.1, -0.05) is 6.92 Å². The van der Waals surface area contributed by atoms with Crippen LogP contribution in [-0.2, 0) is 6.42 Å². The Balaban J connectivity index is 2.08. The third-order valence-electron chi connectivity index (χ3n) is 3.37. The molecule has 2 aromatic heterocycles. The minimum absolute atomic E-state index is 0.0134. The van der Waals surface area contributed by atoms with E-state index in [1.807, 2.05) is 11.8 Å². The molecule has 0 saturated carbocycles. The molecule has 1 amide bonds. The molecule has 0 spiro atoms. The van der Waals surface area contributed by atoms with Gasteiger partial charge in [0.1, 0.15) is 12.0 Å². The highest BCUT2D eigenvalue weighted by Crippen LogP contribution is 2.20. The van der Waals surface area contributed by atoms with Crippen molar-refractivity contribution in [3.63, 3.8) is 0 Å². The predicted molar refractivity (Wildman–Crippen MR) is 66.2 cm³/mol. The molecule has 18 heavy (non-hydrogen) atoms. The van der Waals surface area contributed by atoms with Crippen LogP contribution in [0.1, 0.15) is 35.9 Å². The second-order valence-electron chi connectivity index (χ2n) is 4.47. The molecule has 0 atom stereocenters. The highest BCUT2D eigenvalue weighted by atomic mass is 16.2. The summed E-state index contributed by atoms with van der Waals surface area (Å²) in [4.78, 5) is 22.6. The third-order valence-corrected chi connectivity index (χ3v) is 3.37. The molecule has 3 heterocycles. The second kappa shape index (κ2) is 4.36. The number of hydrogen-bond donors (Lipinski definition) is 1. The van der Waals surface area contributed by atoms with E-state index in [9.17, 15) is 4.79 Å². The fourth-order valence-electron chi connectivity index (χ4n) is 2.42. The van der Waals surface area contributed by atoms with Gasteiger partial charge >= 0.3 is 0 Å². The Bertz CT molecular complexity index is 585. The van der Waals surface area contributed by atoms with Gasteiger partial charge in [0.15, 0.2) is 5.65 Å². The van der Waals surface area contributed by atoms with Crippen LogP contribution in [0.2, 0.25) is 0 Å². The van der Waals surface area contributed by atoms with Gasteiger partial charge < -0.3 is 4.90 Å². The van der Waals surface area contributed by atoms with E-state index in [2.05, 4.69) is 20.2 Å². The van der Waals surface area contributed by atoms with Crippen molar-refractivity contribution in [1.82, 2.24) is 25.1 Å². The van der Waals surface area contributed by atoms with Crippen LogP contribution in [0.5, 0.6) is 0 Å². The quantitative estimate of drug-likeness (QED) is 0.861. The van der Waals surface area contributed by atoms with Crippen molar-refractivity contribution in [3.05, 3.63) is 17.7 Å². The number of carbonyl (C=O) groups excluding carboxylic acids is 1. The number of aromatic amines is 1. The Morgan fingerprint density at radius 1 is 1.39 bits per heavy atom. The lowest BCUT2D eigenvalue weighted by atomic mass is 10.2. The SMILES string of the molecule is CCc1ncnc2n[nH]c(C(=O)N3CCCC3)c12. The van der Waals surface area contributed by atoms with Crippen molar-refractivity contribution < 1.29 is 4.79 Å². The second-order valence-corrected chi connectivity index (χ2v) is 4.47. The zero-order valence-corrected chi connectivity index (χ0v) is 10.3. The van der Waals surface area contributed by atoms with Gasteiger partial charge in [0.2, 0.25) is 0 Å². The number of likely N-dealkylation sites (tertiary alicyclic amines) is 1. The lowest BCUT2D eigenvalue weighted by Crippen LogP contribution is -2.28. The van der Waals surface area contributed by atoms with Crippen LogP contribution in [0.3, 0.4) is 0 Å². The van der Waals surface area contributed by atoms with Crippen LogP contribution in [-0.4, -0.2) is 44.1 Å². The summed E-state index contributed by atoms with van der Waals surface area (Å²) in [6.07, 6.45) is 4.41. The first-order valence-electron chi connectivity index (χ1n) is 6.28. The van der Waals surface area contributed by atoms with Crippen LogP contribution in [0, 0.1) is 0 Å². The minimum atomic E-state index is 0.0134. The maximum atomic E-state index is 12.4. The number of nitrogens with one attached hydrogen (secondary N) is 1. The normalized spacial score (nSPS) is 15.5. The first kappa shape index (κ1) is 11.1. The molecule has 1 saturated heterocycles. The number of H-pyrrole nitrogens is 1. The first-order chi connectivity index (χ1) is 8.81. The molecule has 3 rings (SSSR count). The Labute approximate surface area is 104 Å². The number of aryl methyl sites for hydroxylation is 1. The van der Waals surface area contributed by atoms with Crippen LogP contribution < -0.4 is 0 Å². The fourth-order valence-corrected chi connectivity index (χ4v) is 2.42. The van der Waals surface area contributed by atoms with E-state index in [0.29, 0.717) is 11.3 Å². The molecule has 1 aliphatic rings. The van der Waals surface area contributed by atoms with Gasteiger partial charge in [0.05, 0.1) is 11.1 Å². The number of aromatic nitrogens is 4. The maximum Gasteiger partial charge on any atom is 0.272 e. The number of amides is 1. The number of carbonyl (C=O) groups is 1. The Morgan fingerprint density at radius 3 is 2.89 bits per heavy atom. The molecular formula is C12H15N5O. The van der Waals surface area contributed by atoms with Crippen molar-refractivity contribution in [2.45, 2.75) is 26.2 Å². The summed E-state index contributed by atoms with van der Waals surface area (Å²) in [6.45, 7) is 3.67. The molecule has 1 N–H and O–H groups in total. The van der Waals surface area contributed by atoms with Gasteiger partial charge in [-0.05, 0) is 19.3 Å². The summed E-state index contributed by atoms with van der Waals surface area (Å²) in [7, 11) is 0. The van der Waals surface area contributed by atoms with E-state index in [4.69, 9.17) is 0 Å². The number of nitrogens with zero attached hydrogens (tertiary/aromatic N) is 4. The molecule has 6 heteroatoms. The van der Waals surface area contributed by atoms with Gasteiger partial charge in [-0.2, -0.15) is 5.10 Å². The van der Waals surface area contributed by atoms with Crippen molar-refractivity contribution in [2.75, 3.05) is 13.1 Å². The van der Waals surface area contributed by atoms with Crippen LogP contribution in [0.15, 0.2) is 6.33 Å². The molecule has 0 radical (unpaired) electrons. The molecule has 94 valence electrons. The topological polar surface area (TPSA) is 74.8 Å². The zero-order valence-electron chi connectivity index (χ0n) is 10.3. The standard InChI is InChI=1S/C12H15N5O/c1-2-8-9-10(12(18)17-5-3-4-6-17)15-16-11(9)14-7-13-8/h7H,2-6H2,1H3,(H,13,14,15,16). The van der Waals surface area contributed by atoms with E-state index in [1.165, 1.54) is 6.33 Å². The Hall–Kier alpha value is -1.98. The summed E-state index contributed by atoms with van der Waals surface area (Å²) in [5.74, 6) is 0.0134. The Morgan fingerprint density at radius 2 is 2.17 bits per heavy atom. The van der Waals surface area contributed by atoms with E-state index in [-0.39, 0.29) is 5.91 Å². The molecule has 0 aliphatic carbocycles. The third kappa shape index (κ3) is 1.64. The summed E-state index contributed by atoms with van der Waals surface area (Å²) >= 11 is 0. The van der Waals surface area contributed by atoms with Crippen molar-refractivity contribution in [1.29, 1.82) is 0 Å². The van der Waals surface area contributed by atoms with Crippen molar-refractivity contribution >= 4 is 16.9 Å². The van der Waals surface area contributed by atoms with E-state index in [1.54, 1.807) is 0 Å². The van der Waals surface area contributed by atoms with Crippen molar-refractivity contribution in [2.24, 2.45) is 0 Å². The van der Waals surface area contributed by atoms with E-state index < -0.39 is 0 Å². The smallest absolute Gasteiger partial charge is 0.272 e. The molecule has 0 unspecified atom stereocenters. The van der Waals surface area contributed by atoms with Gasteiger partial charge in [0, 0.05) is 13.1 Å². The molecule has 0 bridgehead atoms. The zero-order chi connectivity index (χ0) is 12.5. The highest BCUT2D eigenvalue weighted by Gasteiger charge is 2.24.